The summed E-state index contributed by atoms with van der Waals surface area (Å²) in [5.74, 6) is -0.319. The second kappa shape index (κ2) is 7.92. The van der Waals surface area contributed by atoms with E-state index in [0.29, 0.717) is 17.9 Å². The van der Waals surface area contributed by atoms with E-state index in [-0.39, 0.29) is 18.1 Å². The van der Waals surface area contributed by atoms with Crippen LogP contribution >= 0.6 is 0 Å². The lowest BCUT2D eigenvalue weighted by molar-refractivity contribution is -0.137. The fraction of sp³-hybridized carbons (Fsp3) is 0.167. The van der Waals surface area contributed by atoms with Gasteiger partial charge in [-0.3, -0.25) is 0 Å². The van der Waals surface area contributed by atoms with Gasteiger partial charge in [0, 0.05) is 12.5 Å². The molecule has 0 fully saturated rings. The van der Waals surface area contributed by atoms with E-state index in [2.05, 4.69) is 0 Å². The summed E-state index contributed by atoms with van der Waals surface area (Å²) in [4.78, 5) is 11.7. The molecule has 2 rings (SSSR count). The molecule has 0 aliphatic carbocycles. The summed E-state index contributed by atoms with van der Waals surface area (Å²) in [6.45, 7) is 0.165. The fourth-order valence-corrected chi connectivity index (χ4v) is 2.04. The topological polar surface area (TPSA) is 102 Å². The summed E-state index contributed by atoms with van der Waals surface area (Å²) in [5, 5.41) is 18.6. The van der Waals surface area contributed by atoms with E-state index >= 15 is 0 Å². The number of ether oxygens (including phenoxy) is 2. The standard InChI is InChI=1S/C18H19NO5/c1-23-17-11-12(2-5-14(17)19)4-7-18(22)24-9-8-13-3-6-15(20)16(21)10-13/h2-7,10-11,20-21H,8-9,19H2,1H3/b7-4+. The van der Waals surface area contributed by atoms with Crippen molar-refractivity contribution in [1.82, 2.24) is 0 Å². The Morgan fingerprint density at radius 2 is 1.96 bits per heavy atom. The first-order chi connectivity index (χ1) is 11.5. The van der Waals surface area contributed by atoms with Crippen molar-refractivity contribution < 1.29 is 24.5 Å². The molecule has 0 saturated heterocycles. The first kappa shape index (κ1) is 17.2. The number of phenolic OH excluding ortho intramolecular Hbond substituents is 2. The molecule has 6 nitrogen and oxygen atoms in total. The molecule has 2 aromatic carbocycles. The van der Waals surface area contributed by atoms with Crippen LogP contribution in [0.1, 0.15) is 11.1 Å². The van der Waals surface area contributed by atoms with Gasteiger partial charge in [-0.2, -0.15) is 0 Å². The summed E-state index contributed by atoms with van der Waals surface area (Å²) < 4.78 is 10.2. The first-order valence-corrected chi connectivity index (χ1v) is 7.29. The molecule has 0 aliphatic heterocycles. The first-order valence-electron chi connectivity index (χ1n) is 7.29. The fourth-order valence-electron chi connectivity index (χ4n) is 2.04. The molecule has 24 heavy (non-hydrogen) atoms. The van der Waals surface area contributed by atoms with Crippen LogP contribution in [0.15, 0.2) is 42.5 Å². The van der Waals surface area contributed by atoms with Gasteiger partial charge in [0.25, 0.3) is 0 Å². The zero-order valence-electron chi connectivity index (χ0n) is 13.2. The molecule has 0 spiro atoms. The SMILES string of the molecule is COc1cc(/C=C/C(=O)OCCc2ccc(O)c(O)c2)ccc1N. The molecule has 4 N–H and O–H groups in total. The molecule has 126 valence electrons. The zero-order valence-corrected chi connectivity index (χ0v) is 13.2. The summed E-state index contributed by atoms with van der Waals surface area (Å²) in [5.41, 5.74) is 7.77. The maximum Gasteiger partial charge on any atom is 0.330 e. The maximum atomic E-state index is 11.7. The van der Waals surface area contributed by atoms with Crippen LogP contribution in [0.5, 0.6) is 17.2 Å². The number of rotatable bonds is 6. The van der Waals surface area contributed by atoms with Crippen molar-refractivity contribution >= 4 is 17.7 Å². The summed E-state index contributed by atoms with van der Waals surface area (Å²) in [6.07, 6.45) is 3.36. The second-order valence-corrected chi connectivity index (χ2v) is 5.08. The molecule has 0 amide bonds. The van der Waals surface area contributed by atoms with Gasteiger partial charge in [0.05, 0.1) is 19.4 Å². The van der Waals surface area contributed by atoms with Crippen molar-refractivity contribution in [2.75, 3.05) is 19.5 Å². The number of hydrogen-bond donors (Lipinski definition) is 3. The van der Waals surface area contributed by atoms with Gasteiger partial charge in [-0.1, -0.05) is 12.1 Å². The lowest BCUT2D eigenvalue weighted by atomic mass is 10.1. The largest absolute Gasteiger partial charge is 0.504 e. The number of phenols is 2. The smallest absolute Gasteiger partial charge is 0.330 e. The highest BCUT2D eigenvalue weighted by atomic mass is 16.5. The monoisotopic (exact) mass is 329 g/mol. The number of carbonyl (C=O) groups excluding carboxylic acids is 1. The van der Waals surface area contributed by atoms with Gasteiger partial charge in [-0.15, -0.1) is 0 Å². The van der Waals surface area contributed by atoms with Crippen molar-refractivity contribution in [1.29, 1.82) is 0 Å². The van der Waals surface area contributed by atoms with Crippen LogP contribution in [0.3, 0.4) is 0 Å². The molecular weight excluding hydrogens is 310 g/mol. The zero-order chi connectivity index (χ0) is 17.5. The van der Waals surface area contributed by atoms with Crippen molar-refractivity contribution in [2.45, 2.75) is 6.42 Å². The van der Waals surface area contributed by atoms with Crippen molar-refractivity contribution in [2.24, 2.45) is 0 Å². The highest BCUT2D eigenvalue weighted by Gasteiger charge is 2.03. The van der Waals surface area contributed by atoms with Gasteiger partial charge in [0.15, 0.2) is 11.5 Å². The maximum absolute atomic E-state index is 11.7. The third-order valence-corrected chi connectivity index (χ3v) is 3.34. The molecule has 0 heterocycles. The molecule has 0 atom stereocenters. The Morgan fingerprint density at radius 1 is 1.17 bits per heavy atom. The quantitative estimate of drug-likeness (QED) is 0.326. The molecule has 2 aromatic rings. The molecule has 0 aromatic heterocycles. The Bertz CT molecular complexity index is 755. The summed E-state index contributed by atoms with van der Waals surface area (Å²) in [6, 6.07) is 9.65. The molecular formula is C18H19NO5. The van der Waals surface area contributed by atoms with Crippen LogP contribution in [0.4, 0.5) is 5.69 Å². The third kappa shape index (κ3) is 4.67. The Morgan fingerprint density at radius 3 is 2.67 bits per heavy atom. The van der Waals surface area contributed by atoms with Gasteiger partial charge in [0.1, 0.15) is 5.75 Å². The Kier molecular flexibility index (Phi) is 5.68. The van der Waals surface area contributed by atoms with Crippen molar-refractivity contribution in [3.8, 4) is 17.2 Å². The second-order valence-electron chi connectivity index (χ2n) is 5.08. The van der Waals surface area contributed by atoms with Crippen molar-refractivity contribution in [3.05, 3.63) is 53.6 Å². The predicted octanol–water partition coefficient (Wildman–Crippen LogP) is 2.49. The van der Waals surface area contributed by atoms with Gasteiger partial charge in [-0.25, -0.2) is 4.79 Å². The highest BCUT2D eigenvalue weighted by molar-refractivity contribution is 5.87. The minimum atomic E-state index is -0.478. The summed E-state index contributed by atoms with van der Waals surface area (Å²) >= 11 is 0. The predicted molar refractivity (Wildman–Crippen MR) is 90.9 cm³/mol. The van der Waals surface area contributed by atoms with Crippen LogP contribution in [0, 0.1) is 0 Å². The molecule has 0 bridgehead atoms. The molecule has 0 saturated carbocycles. The van der Waals surface area contributed by atoms with Crippen LogP contribution < -0.4 is 10.5 Å². The average molecular weight is 329 g/mol. The van der Waals surface area contributed by atoms with E-state index < -0.39 is 5.97 Å². The van der Waals surface area contributed by atoms with E-state index in [1.165, 1.54) is 25.3 Å². The number of esters is 1. The number of nitrogen functional groups attached to an aromatic ring is 1. The number of carbonyl (C=O) groups is 1. The Hall–Kier alpha value is -3.15. The van der Waals surface area contributed by atoms with Gasteiger partial charge in [-0.05, 0) is 41.5 Å². The van der Waals surface area contributed by atoms with Gasteiger partial charge < -0.3 is 25.4 Å². The van der Waals surface area contributed by atoms with Gasteiger partial charge in [0.2, 0.25) is 0 Å². The number of aromatic hydroxyl groups is 2. The lowest BCUT2D eigenvalue weighted by Crippen LogP contribution is -2.04. The van der Waals surface area contributed by atoms with E-state index in [0.717, 1.165) is 11.1 Å². The van der Waals surface area contributed by atoms with E-state index in [1.54, 1.807) is 30.3 Å². The molecule has 0 unspecified atom stereocenters. The molecule has 6 heteroatoms. The number of benzene rings is 2. The van der Waals surface area contributed by atoms with E-state index in [1.807, 2.05) is 0 Å². The van der Waals surface area contributed by atoms with Crippen LogP contribution in [-0.2, 0) is 16.0 Å². The number of nitrogens with two attached hydrogens (primary N) is 1. The number of hydrogen-bond acceptors (Lipinski definition) is 6. The van der Waals surface area contributed by atoms with E-state index in [9.17, 15) is 15.0 Å². The summed E-state index contributed by atoms with van der Waals surface area (Å²) in [7, 11) is 1.52. The van der Waals surface area contributed by atoms with Crippen molar-refractivity contribution in [3.63, 3.8) is 0 Å². The molecule has 0 aliphatic rings. The third-order valence-electron chi connectivity index (χ3n) is 3.34. The normalized spacial score (nSPS) is 10.7. The van der Waals surface area contributed by atoms with Crippen LogP contribution in [0.2, 0.25) is 0 Å². The Labute approximate surface area is 139 Å². The highest BCUT2D eigenvalue weighted by Crippen LogP contribution is 2.25. The molecule has 0 radical (unpaired) electrons. The Balaban J connectivity index is 1.85. The lowest BCUT2D eigenvalue weighted by Gasteiger charge is -2.05. The number of methoxy groups -OCH3 is 1. The minimum Gasteiger partial charge on any atom is -0.504 e. The van der Waals surface area contributed by atoms with Gasteiger partial charge >= 0.3 is 5.97 Å². The average Bonchev–Trinajstić information content (AvgIpc) is 2.57. The van der Waals surface area contributed by atoms with E-state index in [4.69, 9.17) is 15.2 Å². The van der Waals surface area contributed by atoms with Crippen LogP contribution in [-0.4, -0.2) is 29.9 Å². The minimum absolute atomic E-state index is 0.165. The van der Waals surface area contributed by atoms with Crippen LogP contribution in [0.25, 0.3) is 6.08 Å². The number of anilines is 1.